The van der Waals surface area contributed by atoms with E-state index in [2.05, 4.69) is 10.2 Å². The summed E-state index contributed by atoms with van der Waals surface area (Å²) in [6.07, 6.45) is 1.57. The number of fused-ring (bicyclic) bond motifs is 1. The van der Waals surface area contributed by atoms with Gasteiger partial charge in [-0.2, -0.15) is 0 Å². The second-order valence-corrected chi connectivity index (χ2v) is 9.32. The molecule has 0 unspecified atom stereocenters. The number of halogens is 2. The number of pyridine rings is 1. The molecular weight excluding hydrogens is 466 g/mol. The number of hydrogen-bond acceptors (Lipinski definition) is 7. The summed E-state index contributed by atoms with van der Waals surface area (Å²) < 4.78 is 34.4. The van der Waals surface area contributed by atoms with Crippen LogP contribution >= 0.6 is 11.3 Å². The van der Waals surface area contributed by atoms with Gasteiger partial charge in [0.25, 0.3) is 5.91 Å². The van der Waals surface area contributed by atoms with E-state index < -0.39 is 28.7 Å². The second-order valence-electron chi connectivity index (χ2n) is 8.25. The molecule has 0 radical (unpaired) electrons. The van der Waals surface area contributed by atoms with Crippen molar-refractivity contribution in [2.24, 2.45) is 0 Å². The van der Waals surface area contributed by atoms with Crippen LogP contribution in [0.15, 0.2) is 29.2 Å². The fourth-order valence-corrected chi connectivity index (χ4v) is 4.77. The molecular formula is C23H24F2N4O4S. The molecule has 11 heteroatoms. The summed E-state index contributed by atoms with van der Waals surface area (Å²) in [7, 11) is 0. The van der Waals surface area contributed by atoms with Crippen molar-refractivity contribution in [2.75, 3.05) is 19.8 Å². The van der Waals surface area contributed by atoms with Gasteiger partial charge in [-0.25, -0.2) is 8.78 Å². The minimum Gasteiger partial charge on any atom is -0.503 e. The van der Waals surface area contributed by atoms with Crippen LogP contribution in [0.4, 0.5) is 8.78 Å². The Kier molecular flexibility index (Phi) is 6.76. The summed E-state index contributed by atoms with van der Waals surface area (Å²) in [5, 5.41) is 19.5. The van der Waals surface area contributed by atoms with Gasteiger partial charge in [0.2, 0.25) is 5.43 Å². The van der Waals surface area contributed by atoms with Gasteiger partial charge in [0.15, 0.2) is 16.5 Å². The highest BCUT2D eigenvalue weighted by molar-refractivity contribution is 7.14. The predicted molar refractivity (Wildman–Crippen MR) is 122 cm³/mol. The second kappa shape index (κ2) is 9.59. The zero-order valence-electron chi connectivity index (χ0n) is 18.9. The van der Waals surface area contributed by atoms with Crippen molar-refractivity contribution >= 4 is 17.2 Å². The van der Waals surface area contributed by atoms with Gasteiger partial charge in [0.05, 0.1) is 18.2 Å². The molecule has 0 spiro atoms. The van der Waals surface area contributed by atoms with Crippen LogP contribution in [-0.2, 0) is 11.2 Å². The van der Waals surface area contributed by atoms with Crippen LogP contribution in [0.1, 0.15) is 47.9 Å². The van der Waals surface area contributed by atoms with E-state index in [0.29, 0.717) is 18.2 Å². The maximum atomic E-state index is 14.0. The van der Waals surface area contributed by atoms with Crippen LogP contribution in [0.2, 0.25) is 0 Å². The maximum Gasteiger partial charge on any atom is 0.274 e. The normalized spacial score (nSPS) is 15.8. The monoisotopic (exact) mass is 490 g/mol. The number of aromatic hydroxyl groups is 1. The smallest absolute Gasteiger partial charge is 0.274 e. The Balaban J connectivity index is 1.74. The molecule has 3 heterocycles. The van der Waals surface area contributed by atoms with Gasteiger partial charge in [0.1, 0.15) is 16.6 Å². The zero-order chi connectivity index (χ0) is 24.6. The molecule has 0 bridgehead atoms. The van der Waals surface area contributed by atoms with Gasteiger partial charge in [-0.05, 0) is 32.4 Å². The van der Waals surface area contributed by atoms with E-state index in [1.54, 1.807) is 9.47 Å². The Morgan fingerprint density at radius 2 is 2.03 bits per heavy atom. The molecule has 1 atom stereocenters. The number of aromatic nitrogens is 3. The Bertz CT molecular complexity index is 1290. The summed E-state index contributed by atoms with van der Waals surface area (Å²) in [6, 6.07) is 2.83. The van der Waals surface area contributed by atoms with E-state index in [9.17, 15) is 23.5 Å². The van der Waals surface area contributed by atoms with Crippen LogP contribution in [0.3, 0.4) is 0 Å². The molecule has 0 fully saturated rings. The molecule has 0 aliphatic carbocycles. The van der Waals surface area contributed by atoms with Crippen LogP contribution in [-0.4, -0.2) is 56.5 Å². The predicted octanol–water partition coefficient (Wildman–Crippen LogP) is 3.38. The first-order valence-corrected chi connectivity index (χ1v) is 11.7. The molecule has 0 saturated heterocycles. The molecule has 1 amide bonds. The van der Waals surface area contributed by atoms with Crippen molar-refractivity contribution in [1.82, 2.24) is 19.7 Å². The van der Waals surface area contributed by atoms with Gasteiger partial charge < -0.3 is 19.3 Å². The van der Waals surface area contributed by atoms with Gasteiger partial charge in [0, 0.05) is 37.9 Å². The van der Waals surface area contributed by atoms with Crippen LogP contribution in [0.5, 0.6) is 5.75 Å². The number of rotatable bonds is 7. The molecule has 3 aromatic rings. The van der Waals surface area contributed by atoms with E-state index in [0.717, 1.165) is 23.5 Å². The Labute approximate surface area is 198 Å². The van der Waals surface area contributed by atoms with E-state index in [1.807, 2.05) is 20.8 Å². The fraction of sp³-hybridized carbons (Fsp3) is 0.391. The number of amides is 1. The number of hydrogen-bond donors (Lipinski definition) is 1. The highest BCUT2D eigenvalue weighted by Crippen LogP contribution is 2.32. The van der Waals surface area contributed by atoms with Crippen molar-refractivity contribution < 1.29 is 23.4 Å². The zero-order valence-corrected chi connectivity index (χ0v) is 19.7. The summed E-state index contributed by atoms with van der Waals surface area (Å²) in [4.78, 5) is 27.6. The number of ether oxygens (including phenoxy) is 1. The van der Waals surface area contributed by atoms with Gasteiger partial charge >= 0.3 is 0 Å². The highest BCUT2D eigenvalue weighted by Gasteiger charge is 2.36. The number of carbonyl (C=O) groups excluding carboxylic acids is 1. The quantitative estimate of drug-likeness (QED) is 0.545. The third-order valence-corrected chi connectivity index (χ3v) is 6.62. The van der Waals surface area contributed by atoms with E-state index in [1.165, 1.54) is 12.3 Å². The van der Waals surface area contributed by atoms with Crippen molar-refractivity contribution in [3.05, 3.63) is 62.5 Å². The third kappa shape index (κ3) is 4.45. The number of benzene rings is 1. The number of carbonyl (C=O) groups is 1. The van der Waals surface area contributed by atoms with Crippen LogP contribution in [0.25, 0.3) is 10.6 Å². The minimum atomic E-state index is -0.740. The highest BCUT2D eigenvalue weighted by atomic mass is 32.1. The van der Waals surface area contributed by atoms with Gasteiger partial charge in [-0.3, -0.25) is 9.59 Å². The Morgan fingerprint density at radius 1 is 1.26 bits per heavy atom. The average Bonchev–Trinajstić information content (AvgIpc) is 3.25. The van der Waals surface area contributed by atoms with Crippen LogP contribution in [0, 0.1) is 11.6 Å². The van der Waals surface area contributed by atoms with Gasteiger partial charge in [-0.1, -0.05) is 17.4 Å². The Hall–Kier alpha value is -3.18. The SMILES string of the molecule is CCOC[C@H]1CN(C(C)C)C(=O)c2c(O)c(=O)c(-c3nnc(Cc4ccc(F)cc4F)s3)cn21. The lowest BCUT2D eigenvalue weighted by Gasteiger charge is -2.38. The van der Waals surface area contributed by atoms with E-state index >= 15 is 0 Å². The number of nitrogens with zero attached hydrogens (tertiary/aromatic N) is 4. The van der Waals surface area contributed by atoms with Crippen molar-refractivity contribution in [3.63, 3.8) is 0 Å². The standard InChI is InChI=1S/C23H24F2N4O4S/c1-4-33-11-15-9-28(12(2)3)23(32)19-21(31)20(30)16(10-29(15)19)22-27-26-18(34-22)7-13-5-6-14(24)8-17(13)25/h5-6,8,10,12,15,31H,4,7,9,11H2,1-3H3/t15-/m1/s1. The first-order valence-electron chi connectivity index (χ1n) is 10.8. The summed E-state index contributed by atoms with van der Waals surface area (Å²) in [5.41, 5.74) is -0.505. The molecule has 0 saturated carbocycles. The molecule has 1 aliphatic heterocycles. The molecule has 34 heavy (non-hydrogen) atoms. The lowest BCUT2D eigenvalue weighted by Crippen LogP contribution is -2.48. The molecule has 1 N–H and O–H groups in total. The molecule has 4 rings (SSSR count). The van der Waals surface area contributed by atoms with Crippen molar-refractivity contribution in [2.45, 2.75) is 39.3 Å². The van der Waals surface area contributed by atoms with Crippen molar-refractivity contribution in [3.8, 4) is 16.3 Å². The molecule has 2 aromatic heterocycles. The molecule has 1 aromatic carbocycles. The van der Waals surface area contributed by atoms with E-state index in [-0.39, 0.29) is 46.9 Å². The summed E-state index contributed by atoms with van der Waals surface area (Å²) in [6.45, 7) is 6.70. The molecule has 1 aliphatic rings. The summed E-state index contributed by atoms with van der Waals surface area (Å²) >= 11 is 1.06. The third-order valence-electron chi connectivity index (χ3n) is 5.67. The first kappa shape index (κ1) is 24.0. The topological polar surface area (TPSA) is 97.6 Å². The largest absolute Gasteiger partial charge is 0.503 e. The van der Waals surface area contributed by atoms with Gasteiger partial charge in [-0.15, -0.1) is 10.2 Å². The van der Waals surface area contributed by atoms with Crippen LogP contribution < -0.4 is 5.43 Å². The molecule has 8 nitrogen and oxygen atoms in total. The minimum absolute atomic E-state index is 0.0663. The first-order chi connectivity index (χ1) is 16.2. The van der Waals surface area contributed by atoms with Crippen molar-refractivity contribution in [1.29, 1.82) is 0 Å². The Morgan fingerprint density at radius 3 is 2.71 bits per heavy atom. The van der Waals surface area contributed by atoms with E-state index in [4.69, 9.17) is 4.74 Å². The molecule has 180 valence electrons. The lowest BCUT2D eigenvalue weighted by atomic mass is 10.1. The summed E-state index contributed by atoms with van der Waals surface area (Å²) in [5.74, 6) is -2.47. The lowest BCUT2D eigenvalue weighted by molar-refractivity contribution is 0.0460. The average molecular weight is 491 g/mol. The fourth-order valence-electron chi connectivity index (χ4n) is 3.90. The maximum absolute atomic E-state index is 14.0.